The summed E-state index contributed by atoms with van der Waals surface area (Å²) in [6.45, 7) is 6.88. The Morgan fingerprint density at radius 3 is 2.82 bits per heavy atom. The zero-order valence-electron chi connectivity index (χ0n) is 13.4. The number of hydrogen-bond acceptors (Lipinski definition) is 6. The standard InChI is InChI=1S/C15H24N4O3/c1-15(2,3)22-14(20)19-7-4-5-11(6-8-19)21-13-12(16)9-17-10-18-13/h9-11H,4-8,16H2,1-3H3. The molecule has 1 unspecified atom stereocenters. The Balaban J connectivity index is 1.90. The Bertz CT molecular complexity index is 516. The van der Waals surface area contributed by atoms with Gasteiger partial charge >= 0.3 is 6.09 Å². The van der Waals surface area contributed by atoms with Gasteiger partial charge in [-0.3, -0.25) is 0 Å². The third-order valence-electron chi connectivity index (χ3n) is 3.31. The fourth-order valence-electron chi connectivity index (χ4n) is 2.28. The van der Waals surface area contributed by atoms with Crippen LogP contribution in [0.2, 0.25) is 0 Å². The summed E-state index contributed by atoms with van der Waals surface area (Å²) in [5, 5.41) is 0. The van der Waals surface area contributed by atoms with Crippen molar-refractivity contribution < 1.29 is 14.3 Å². The number of amides is 1. The lowest BCUT2D eigenvalue weighted by Crippen LogP contribution is -2.37. The molecule has 1 aliphatic heterocycles. The molecular formula is C15H24N4O3. The van der Waals surface area contributed by atoms with Crippen LogP contribution in [0.1, 0.15) is 40.0 Å². The van der Waals surface area contributed by atoms with E-state index in [-0.39, 0.29) is 12.2 Å². The second-order valence-corrected chi connectivity index (χ2v) is 6.42. The number of nitrogens with two attached hydrogens (primary N) is 1. The maximum atomic E-state index is 12.1. The predicted molar refractivity (Wildman–Crippen MR) is 82.5 cm³/mol. The molecule has 2 N–H and O–H groups in total. The number of nitrogen functional groups attached to an aromatic ring is 1. The minimum atomic E-state index is -0.477. The lowest BCUT2D eigenvalue weighted by Gasteiger charge is -2.26. The highest BCUT2D eigenvalue weighted by Crippen LogP contribution is 2.22. The lowest BCUT2D eigenvalue weighted by atomic mass is 10.2. The van der Waals surface area contributed by atoms with Crippen molar-refractivity contribution in [2.45, 2.75) is 51.7 Å². The first-order valence-electron chi connectivity index (χ1n) is 7.55. The molecule has 0 spiro atoms. The minimum Gasteiger partial charge on any atom is -0.473 e. The van der Waals surface area contributed by atoms with Crippen molar-refractivity contribution in [3.8, 4) is 5.88 Å². The Kier molecular flexibility index (Phi) is 5.05. The number of carbonyl (C=O) groups excluding carboxylic acids is 1. The number of nitrogens with zero attached hydrogens (tertiary/aromatic N) is 3. The van der Waals surface area contributed by atoms with Gasteiger partial charge in [0.2, 0.25) is 5.88 Å². The second-order valence-electron chi connectivity index (χ2n) is 6.42. The first kappa shape index (κ1) is 16.3. The maximum absolute atomic E-state index is 12.1. The summed E-state index contributed by atoms with van der Waals surface area (Å²) in [5.41, 5.74) is 5.74. The zero-order valence-corrected chi connectivity index (χ0v) is 13.4. The summed E-state index contributed by atoms with van der Waals surface area (Å²) in [7, 11) is 0. The van der Waals surface area contributed by atoms with Crippen LogP contribution in [0.4, 0.5) is 10.5 Å². The van der Waals surface area contributed by atoms with Crippen molar-refractivity contribution in [1.82, 2.24) is 14.9 Å². The fraction of sp³-hybridized carbons (Fsp3) is 0.667. The van der Waals surface area contributed by atoms with Gasteiger partial charge in [0.25, 0.3) is 0 Å². The molecule has 0 aliphatic carbocycles. The van der Waals surface area contributed by atoms with Crippen molar-refractivity contribution in [2.24, 2.45) is 0 Å². The van der Waals surface area contributed by atoms with E-state index in [0.717, 1.165) is 19.3 Å². The Morgan fingerprint density at radius 1 is 1.36 bits per heavy atom. The molecule has 2 heterocycles. The van der Waals surface area contributed by atoms with Gasteiger partial charge < -0.3 is 20.1 Å². The van der Waals surface area contributed by atoms with Crippen molar-refractivity contribution in [1.29, 1.82) is 0 Å². The zero-order chi connectivity index (χ0) is 16.2. The second kappa shape index (κ2) is 6.81. The fourth-order valence-corrected chi connectivity index (χ4v) is 2.28. The van der Waals surface area contributed by atoms with E-state index in [4.69, 9.17) is 15.2 Å². The van der Waals surface area contributed by atoms with Gasteiger partial charge in [0.15, 0.2) is 0 Å². The normalized spacial score (nSPS) is 19.4. The number of aromatic nitrogens is 2. The van der Waals surface area contributed by atoms with E-state index in [1.807, 2.05) is 20.8 Å². The van der Waals surface area contributed by atoms with Crippen molar-refractivity contribution in [3.05, 3.63) is 12.5 Å². The minimum absolute atomic E-state index is 0.00960. The van der Waals surface area contributed by atoms with Gasteiger partial charge in [-0.1, -0.05) is 0 Å². The molecule has 0 bridgehead atoms. The summed E-state index contributed by atoms with van der Waals surface area (Å²) in [6, 6.07) is 0. The summed E-state index contributed by atoms with van der Waals surface area (Å²) in [6.07, 6.45) is 5.08. The van der Waals surface area contributed by atoms with Crippen LogP contribution in [-0.4, -0.2) is 45.8 Å². The van der Waals surface area contributed by atoms with Crippen LogP contribution in [0.5, 0.6) is 5.88 Å². The molecule has 0 saturated carbocycles. The van der Waals surface area contributed by atoms with E-state index in [1.165, 1.54) is 12.5 Å². The Morgan fingerprint density at radius 2 is 2.14 bits per heavy atom. The first-order chi connectivity index (χ1) is 10.3. The predicted octanol–water partition coefficient (Wildman–Crippen LogP) is 2.23. The summed E-state index contributed by atoms with van der Waals surface area (Å²) < 4.78 is 11.3. The van der Waals surface area contributed by atoms with Crippen LogP contribution >= 0.6 is 0 Å². The highest BCUT2D eigenvalue weighted by Gasteiger charge is 2.26. The van der Waals surface area contributed by atoms with Crippen LogP contribution in [0, 0.1) is 0 Å². The van der Waals surface area contributed by atoms with Crippen molar-refractivity contribution >= 4 is 11.8 Å². The van der Waals surface area contributed by atoms with Crippen molar-refractivity contribution in [3.63, 3.8) is 0 Å². The third kappa shape index (κ3) is 4.75. The smallest absolute Gasteiger partial charge is 0.410 e. The van der Waals surface area contributed by atoms with Crippen LogP contribution < -0.4 is 10.5 Å². The number of anilines is 1. The van der Waals surface area contributed by atoms with Crippen LogP contribution in [0.15, 0.2) is 12.5 Å². The van der Waals surface area contributed by atoms with Crippen LogP contribution in [-0.2, 0) is 4.74 Å². The number of hydrogen-bond donors (Lipinski definition) is 1. The number of rotatable bonds is 2. The summed E-state index contributed by atoms with van der Waals surface area (Å²) >= 11 is 0. The molecule has 0 aromatic carbocycles. The molecule has 1 aromatic heterocycles. The van der Waals surface area contributed by atoms with Gasteiger partial charge in [-0.05, 0) is 33.6 Å². The Hall–Kier alpha value is -2.05. The highest BCUT2D eigenvalue weighted by molar-refractivity contribution is 5.68. The van der Waals surface area contributed by atoms with Gasteiger partial charge in [0.1, 0.15) is 23.7 Å². The summed E-state index contributed by atoms with van der Waals surface area (Å²) in [5.74, 6) is 0.408. The molecular weight excluding hydrogens is 284 g/mol. The topological polar surface area (TPSA) is 90.6 Å². The average molecular weight is 308 g/mol. The average Bonchev–Trinajstić information content (AvgIpc) is 2.65. The van der Waals surface area contributed by atoms with Crippen molar-refractivity contribution in [2.75, 3.05) is 18.8 Å². The monoisotopic (exact) mass is 308 g/mol. The molecule has 1 fully saturated rings. The van der Waals surface area contributed by atoms with E-state index in [9.17, 15) is 4.79 Å². The van der Waals surface area contributed by atoms with Gasteiger partial charge in [0.05, 0.1) is 6.20 Å². The maximum Gasteiger partial charge on any atom is 0.410 e. The molecule has 122 valence electrons. The number of carbonyl (C=O) groups is 1. The molecule has 1 saturated heterocycles. The molecule has 2 rings (SSSR count). The van der Waals surface area contributed by atoms with E-state index in [0.29, 0.717) is 24.7 Å². The molecule has 7 nitrogen and oxygen atoms in total. The molecule has 22 heavy (non-hydrogen) atoms. The van der Waals surface area contributed by atoms with E-state index < -0.39 is 5.60 Å². The summed E-state index contributed by atoms with van der Waals surface area (Å²) in [4.78, 5) is 21.7. The van der Waals surface area contributed by atoms with Gasteiger partial charge in [0, 0.05) is 19.5 Å². The molecule has 1 atom stereocenters. The molecule has 0 radical (unpaired) electrons. The highest BCUT2D eigenvalue weighted by atomic mass is 16.6. The molecule has 1 aromatic rings. The first-order valence-corrected chi connectivity index (χ1v) is 7.55. The van der Waals surface area contributed by atoms with E-state index >= 15 is 0 Å². The van der Waals surface area contributed by atoms with Gasteiger partial charge in [-0.2, -0.15) is 4.98 Å². The number of ether oxygens (including phenoxy) is 2. The Labute approximate surface area is 130 Å². The quantitative estimate of drug-likeness (QED) is 0.901. The van der Waals surface area contributed by atoms with E-state index in [2.05, 4.69) is 9.97 Å². The SMILES string of the molecule is CC(C)(C)OC(=O)N1CCCC(Oc2ncncc2N)CC1. The third-order valence-corrected chi connectivity index (χ3v) is 3.31. The van der Waals surface area contributed by atoms with E-state index in [1.54, 1.807) is 4.90 Å². The van der Waals surface area contributed by atoms with Crippen LogP contribution in [0.3, 0.4) is 0 Å². The molecule has 1 amide bonds. The molecule has 7 heteroatoms. The molecule has 1 aliphatic rings. The van der Waals surface area contributed by atoms with Crippen LogP contribution in [0.25, 0.3) is 0 Å². The lowest BCUT2D eigenvalue weighted by molar-refractivity contribution is 0.0252. The number of likely N-dealkylation sites (tertiary alicyclic amines) is 1. The largest absolute Gasteiger partial charge is 0.473 e. The van der Waals surface area contributed by atoms with Gasteiger partial charge in [-0.25, -0.2) is 9.78 Å². The van der Waals surface area contributed by atoms with Gasteiger partial charge in [-0.15, -0.1) is 0 Å².